The SMILES string of the molecule is CCN(C)CCNC(=O)NCC(CC(C)(C)C)C(=O)O. The Morgan fingerprint density at radius 1 is 1.25 bits per heavy atom. The van der Waals surface area contributed by atoms with Gasteiger partial charge in [-0.2, -0.15) is 0 Å². The largest absolute Gasteiger partial charge is 0.481 e. The van der Waals surface area contributed by atoms with Gasteiger partial charge < -0.3 is 20.6 Å². The number of amides is 2. The molecule has 0 spiro atoms. The first-order valence-corrected chi connectivity index (χ1v) is 7.08. The van der Waals surface area contributed by atoms with Crippen LogP contribution in [0.3, 0.4) is 0 Å². The van der Waals surface area contributed by atoms with Gasteiger partial charge in [0, 0.05) is 19.6 Å². The summed E-state index contributed by atoms with van der Waals surface area (Å²) in [7, 11) is 1.98. The number of aliphatic carboxylic acids is 1. The summed E-state index contributed by atoms with van der Waals surface area (Å²) in [5.41, 5.74) is -0.0783. The van der Waals surface area contributed by atoms with Gasteiger partial charge in [-0.05, 0) is 25.4 Å². The van der Waals surface area contributed by atoms with Crippen LogP contribution in [-0.4, -0.2) is 55.2 Å². The van der Waals surface area contributed by atoms with Gasteiger partial charge in [0.25, 0.3) is 0 Å². The lowest BCUT2D eigenvalue weighted by atomic mass is 9.84. The van der Waals surface area contributed by atoms with E-state index in [1.54, 1.807) is 0 Å². The minimum Gasteiger partial charge on any atom is -0.481 e. The lowest BCUT2D eigenvalue weighted by Gasteiger charge is -2.23. The first-order valence-electron chi connectivity index (χ1n) is 7.08. The fraction of sp³-hybridized carbons (Fsp3) is 0.857. The van der Waals surface area contributed by atoms with Crippen LogP contribution in [0.5, 0.6) is 0 Å². The second kappa shape index (κ2) is 8.79. The number of rotatable bonds is 8. The number of hydrogen-bond acceptors (Lipinski definition) is 3. The van der Waals surface area contributed by atoms with Gasteiger partial charge in [0.15, 0.2) is 0 Å². The minimum absolute atomic E-state index is 0.0783. The average Bonchev–Trinajstić information content (AvgIpc) is 2.32. The molecule has 6 heteroatoms. The maximum atomic E-state index is 11.6. The molecule has 3 N–H and O–H groups in total. The molecule has 20 heavy (non-hydrogen) atoms. The Hall–Kier alpha value is -1.30. The molecule has 0 aromatic carbocycles. The monoisotopic (exact) mass is 287 g/mol. The molecule has 0 saturated heterocycles. The number of carboxylic acids is 1. The van der Waals surface area contributed by atoms with Crippen molar-refractivity contribution in [2.24, 2.45) is 11.3 Å². The first kappa shape index (κ1) is 18.7. The highest BCUT2D eigenvalue weighted by atomic mass is 16.4. The van der Waals surface area contributed by atoms with Gasteiger partial charge in [0.05, 0.1) is 5.92 Å². The standard InChI is InChI=1S/C14H29N3O3/c1-6-17(5)8-7-15-13(20)16-10-11(12(18)19)9-14(2,3)4/h11H,6-10H2,1-5H3,(H,18,19)(H2,15,16,20). The molecule has 0 aliphatic carbocycles. The van der Waals surface area contributed by atoms with Crippen molar-refractivity contribution in [3.8, 4) is 0 Å². The molecule has 0 radical (unpaired) electrons. The Morgan fingerprint density at radius 3 is 2.30 bits per heavy atom. The molecule has 0 aromatic rings. The van der Waals surface area contributed by atoms with Crippen LogP contribution in [-0.2, 0) is 4.79 Å². The molecule has 0 fully saturated rings. The molecular formula is C14H29N3O3. The fourth-order valence-electron chi connectivity index (χ4n) is 1.78. The summed E-state index contributed by atoms with van der Waals surface area (Å²) in [5, 5.41) is 14.5. The van der Waals surface area contributed by atoms with Gasteiger partial charge in [0.2, 0.25) is 0 Å². The van der Waals surface area contributed by atoms with Crippen molar-refractivity contribution in [3.05, 3.63) is 0 Å². The molecule has 1 atom stereocenters. The van der Waals surface area contributed by atoms with Gasteiger partial charge in [-0.3, -0.25) is 4.79 Å². The third-order valence-electron chi connectivity index (χ3n) is 3.04. The van der Waals surface area contributed by atoms with Gasteiger partial charge in [-0.15, -0.1) is 0 Å². The molecule has 0 heterocycles. The summed E-state index contributed by atoms with van der Waals surface area (Å²) >= 11 is 0. The van der Waals surface area contributed by atoms with Crippen molar-refractivity contribution < 1.29 is 14.7 Å². The summed E-state index contributed by atoms with van der Waals surface area (Å²) in [5.74, 6) is -1.43. The Kier molecular flexibility index (Phi) is 8.22. The van der Waals surface area contributed by atoms with E-state index < -0.39 is 11.9 Å². The summed E-state index contributed by atoms with van der Waals surface area (Å²) in [4.78, 5) is 24.8. The number of carboxylic acid groups (broad SMARTS) is 1. The third kappa shape index (κ3) is 9.61. The summed E-state index contributed by atoms with van der Waals surface area (Å²) < 4.78 is 0. The number of carbonyl (C=O) groups excluding carboxylic acids is 1. The topological polar surface area (TPSA) is 81.7 Å². The molecule has 0 rings (SSSR count). The van der Waals surface area contributed by atoms with Crippen LogP contribution < -0.4 is 10.6 Å². The zero-order valence-corrected chi connectivity index (χ0v) is 13.3. The highest BCUT2D eigenvalue weighted by Gasteiger charge is 2.24. The summed E-state index contributed by atoms with van der Waals surface area (Å²) in [6.45, 7) is 10.4. The van der Waals surface area contributed by atoms with Gasteiger partial charge in [0.1, 0.15) is 0 Å². The lowest BCUT2D eigenvalue weighted by Crippen LogP contribution is -2.43. The predicted molar refractivity (Wildman–Crippen MR) is 79.8 cm³/mol. The van der Waals surface area contributed by atoms with Gasteiger partial charge in [-0.1, -0.05) is 27.7 Å². The van der Waals surface area contributed by atoms with E-state index in [1.165, 1.54) is 0 Å². The van der Waals surface area contributed by atoms with Crippen LogP contribution in [0.1, 0.15) is 34.1 Å². The normalized spacial score (nSPS) is 13.1. The van der Waals surface area contributed by atoms with E-state index in [1.807, 2.05) is 34.7 Å². The maximum absolute atomic E-state index is 11.6. The molecule has 118 valence electrons. The average molecular weight is 287 g/mol. The van der Waals surface area contributed by atoms with Crippen molar-refractivity contribution in [1.82, 2.24) is 15.5 Å². The van der Waals surface area contributed by atoms with Gasteiger partial charge >= 0.3 is 12.0 Å². The van der Waals surface area contributed by atoms with Crippen molar-refractivity contribution >= 4 is 12.0 Å². The molecule has 0 bridgehead atoms. The van der Waals surface area contributed by atoms with E-state index in [9.17, 15) is 9.59 Å². The van der Waals surface area contributed by atoms with E-state index in [2.05, 4.69) is 15.5 Å². The van der Waals surface area contributed by atoms with Crippen LogP contribution >= 0.6 is 0 Å². The maximum Gasteiger partial charge on any atom is 0.314 e. The number of nitrogens with zero attached hydrogens (tertiary/aromatic N) is 1. The lowest BCUT2D eigenvalue weighted by molar-refractivity contribution is -0.142. The number of carbonyl (C=O) groups is 2. The molecule has 6 nitrogen and oxygen atoms in total. The van der Waals surface area contributed by atoms with E-state index in [-0.39, 0.29) is 18.0 Å². The van der Waals surface area contributed by atoms with Crippen LogP contribution in [0.25, 0.3) is 0 Å². The third-order valence-corrected chi connectivity index (χ3v) is 3.04. The number of hydrogen-bond donors (Lipinski definition) is 3. The fourth-order valence-corrected chi connectivity index (χ4v) is 1.78. The predicted octanol–water partition coefficient (Wildman–Crippen LogP) is 1.37. The molecule has 1 unspecified atom stereocenters. The molecule has 0 aliphatic rings. The second-order valence-corrected chi connectivity index (χ2v) is 6.33. The van der Waals surface area contributed by atoms with Crippen LogP contribution in [0.2, 0.25) is 0 Å². The Labute approximate surface area is 121 Å². The van der Waals surface area contributed by atoms with Crippen LogP contribution in [0.4, 0.5) is 4.79 Å². The van der Waals surface area contributed by atoms with Crippen molar-refractivity contribution in [2.75, 3.05) is 33.2 Å². The number of likely N-dealkylation sites (N-methyl/N-ethyl adjacent to an activating group) is 1. The summed E-state index contributed by atoms with van der Waals surface area (Å²) in [6.07, 6.45) is 0.529. The number of nitrogens with one attached hydrogen (secondary N) is 2. The Bertz CT molecular complexity index is 313. The number of urea groups is 1. The van der Waals surface area contributed by atoms with Crippen molar-refractivity contribution in [1.29, 1.82) is 0 Å². The zero-order chi connectivity index (χ0) is 15.8. The van der Waals surface area contributed by atoms with Crippen LogP contribution in [0, 0.1) is 11.3 Å². The van der Waals surface area contributed by atoms with E-state index in [4.69, 9.17) is 5.11 Å². The van der Waals surface area contributed by atoms with Gasteiger partial charge in [-0.25, -0.2) is 4.79 Å². The smallest absolute Gasteiger partial charge is 0.314 e. The zero-order valence-electron chi connectivity index (χ0n) is 13.3. The summed E-state index contributed by atoms with van der Waals surface area (Å²) in [6, 6.07) is -0.310. The highest BCUT2D eigenvalue weighted by molar-refractivity contribution is 5.75. The Balaban J connectivity index is 4.03. The molecular weight excluding hydrogens is 258 g/mol. The minimum atomic E-state index is -0.869. The Morgan fingerprint density at radius 2 is 1.85 bits per heavy atom. The molecule has 0 saturated carbocycles. The molecule has 0 aromatic heterocycles. The highest BCUT2D eigenvalue weighted by Crippen LogP contribution is 2.24. The first-order chi connectivity index (χ1) is 9.15. The quantitative estimate of drug-likeness (QED) is 0.630. The molecule has 0 aliphatic heterocycles. The van der Waals surface area contributed by atoms with Crippen molar-refractivity contribution in [2.45, 2.75) is 34.1 Å². The van der Waals surface area contributed by atoms with Crippen molar-refractivity contribution in [3.63, 3.8) is 0 Å². The second-order valence-electron chi connectivity index (χ2n) is 6.33. The molecule has 2 amide bonds. The van der Waals surface area contributed by atoms with E-state index >= 15 is 0 Å². The van der Waals surface area contributed by atoms with E-state index in [0.717, 1.165) is 13.1 Å². The van der Waals surface area contributed by atoms with Crippen LogP contribution in [0.15, 0.2) is 0 Å². The van der Waals surface area contributed by atoms with E-state index in [0.29, 0.717) is 13.0 Å².